The Labute approximate surface area is 204 Å². The Bertz CT molecular complexity index is 870. The van der Waals surface area contributed by atoms with Crippen molar-refractivity contribution in [2.45, 2.75) is 71.4 Å². The van der Waals surface area contributed by atoms with Crippen LogP contribution in [0.5, 0.6) is 5.75 Å². The lowest BCUT2D eigenvalue weighted by atomic mass is 9.99. The van der Waals surface area contributed by atoms with Gasteiger partial charge in [-0.15, -0.1) is 0 Å². The summed E-state index contributed by atoms with van der Waals surface area (Å²) in [7, 11) is 0. The number of nitrogens with one attached hydrogen (secondary N) is 2. The molecule has 2 rings (SSSR count). The van der Waals surface area contributed by atoms with Crippen LogP contribution < -0.4 is 21.1 Å². The molecule has 2 unspecified atom stereocenters. The van der Waals surface area contributed by atoms with Gasteiger partial charge < -0.3 is 21.1 Å². The molecule has 2 amide bonds. The van der Waals surface area contributed by atoms with Crippen LogP contribution in [0.2, 0.25) is 0 Å². The number of carbonyl (C=O) groups excluding carboxylic acids is 2. The molecule has 34 heavy (non-hydrogen) atoms. The number of benzene rings is 2. The highest BCUT2D eigenvalue weighted by Gasteiger charge is 2.22. The molecule has 0 aromatic heterocycles. The SMILES string of the molecule is CCCC(C)COc1ccc([C@H](CNC(=O)[C@H](N)CCC)NC(=O)C(C)c2ccccc2)cc1. The molecule has 0 fully saturated rings. The van der Waals surface area contributed by atoms with Crippen molar-refractivity contribution in [2.24, 2.45) is 11.7 Å². The first-order chi connectivity index (χ1) is 16.3. The molecule has 4 N–H and O–H groups in total. The van der Waals surface area contributed by atoms with Crippen LogP contribution >= 0.6 is 0 Å². The Hall–Kier alpha value is -2.86. The van der Waals surface area contributed by atoms with Gasteiger partial charge in [0.1, 0.15) is 5.75 Å². The average Bonchev–Trinajstić information content (AvgIpc) is 2.85. The zero-order valence-electron chi connectivity index (χ0n) is 21.1. The second-order valence-electron chi connectivity index (χ2n) is 9.11. The van der Waals surface area contributed by atoms with Gasteiger partial charge in [0.15, 0.2) is 0 Å². The number of ether oxygens (including phenoxy) is 1. The molecule has 6 nitrogen and oxygen atoms in total. The highest BCUT2D eigenvalue weighted by atomic mass is 16.5. The maximum Gasteiger partial charge on any atom is 0.236 e. The number of amides is 2. The minimum atomic E-state index is -0.550. The minimum Gasteiger partial charge on any atom is -0.493 e. The number of carbonyl (C=O) groups is 2. The van der Waals surface area contributed by atoms with Crippen LogP contribution in [0, 0.1) is 5.92 Å². The number of hydrogen-bond donors (Lipinski definition) is 3. The van der Waals surface area contributed by atoms with E-state index in [1.807, 2.05) is 68.4 Å². The summed E-state index contributed by atoms with van der Waals surface area (Å²) in [5, 5.41) is 6.02. The van der Waals surface area contributed by atoms with Gasteiger partial charge in [0, 0.05) is 6.54 Å². The van der Waals surface area contributed by atoms with Gasteiger partial charge in [-0.2, -0.15) is 0 Å². The fourth-order valence-corrected chi connectivity index (χ4v) is 3.83. The summed E-state index contributed by atoms with van der Waals surface area (Å²) >= 11 is 0. The van der Waals surface area contributed by atoms with Crippen molar-refractivity contribution in [2.75, 3.05) is 13.2 Å². The lowest BCUT2D eigenvalue weighted by Gasteiger charge is -2.23. The maximum absolute atomic E-state index is 13.0. The average molecular weight is 468 g/mol. The topological polar surface area (TPSA) is 93.4 Å². The van der Waals surface area contributed by atoms with E-state index in [1.165, 1.54) is 0 Å². The molecule has 6 heteroatoms. The first-order valence-electron chi connectivity index (χ1n) is 12.5. The largest absolute Gasteiger partial charge is 0.493 e. The van der Waals surface area contributed by atoms with Crippen molar-refractivity contribution in [3.8, 4) is 5.75 Å². The fraction of sp³-hybridized carbons (Fsp3) is 0.500. The van der Waals surface area contributed by atoms with Gasteiger partial charge in [0.05, 0.1) is 24.6 Å². The van der Waals surface area contributed by atoms with Crippen LogP contribution in [0.15, 0.2) is 54.6 Å². The monoisotopic (exact) mass is 467 g/mol. The van der Waals surface area contributed by atoms with Crippen LogP contribution in [0.1, 0.15) is 76.5 Å². The van der Waals surface area contributed by atoms with Gasteiger partial charge >= 0.3 is 0 Å². The zero-order chi connectivity index (χ0) is 24.9. The summed E-state index contributed by atoms with van der Waals surface area (Å²) in [6.07, 6.45) is 3.73. The molecule has 0 radical (unpaired) electrons. The molecule has 0 saturated heterocycles. The molecule has 0 bridgehead atoms. The van der Waals surface area contributed by atoms with Crippen molar-refractivity contribution in [3.05, 3.63) is 65.7 Å². The van der Waals surface area contributed by atoms with Crippen molar-refractivity contribution >= 4 is 11.8 Å². The third kappa shape index (κ3) is 8.82. The second kappa shape index (κ2) is 14.4. The fourth-order valence-electron chi connectivity index (χ4n) is 3.83. The minimum absolute atomic E-state index is 0.1000. The predicted molar refractivity (Wildman–Crippen MR) is 138 cm³/mol. The van der Waals surface area contributed by atoms with Crippen molar-refractivity contribution in [1.29, 1.82) is 0 Å². The molecule has 4 atom stereocenters. The number of nitrogens with two attached hydrogens (primary N) is 1. The van der Waals surface area contributed by atoms with Gasteiger partial charge in [-0.3, -0.25) is 9.59 Å². The molecule has 0 aliphatic rings. The maximum atomic E-state index is 13.0. The molecule has 0 heterocycles. The third-order valence-electron chi connectivity index (χ3n) is 6.02. The lowest BCUT2D eigenvalue weighted by molar-refractivity contribution is -0.125. The number of hydrogen-bond acceptors (Lipinski definition) is 4. The molecule has 0 spiro atoms. The second-order valence-corrected chi connectivity index (χ2v) is 9.11. The highest BCUT2D eigenvalue weighted by Crippen LogP contribution is 2.21. The molecule has 0 saturated carbocycles. The Balaban J connectivity index is 2.11. The molecule has 2 aromatic carbocycles. The first kappa shape index (κ1) is 27.4. The van der Waals surface area contributed by atoms with Crippen LogP contribution in [0.4, 0.5) is 0 Å². The molecule has 186 valence electrons. The predicted octanol–water partition coefficient (Wildman–Crippen LogP) is 4.71. The van der Waals surface area contributed by atoms with E-state index in [2.05, 4.69) is 24.5 Å². The lowest BCUT2D eigenvalue weighted by Crippen LogP contribution is -2.45. The van der Waals surface area contributed by atoms with Gasteiger partial charge in [0.25, 0.3) is 0 Å². The summed E-state index contributed by atoms with van der Waals surface area (Å²) in [4.78, 5) is 25.4. The van der Waals surface area contributed by atoms with Crippen LogP contribution in [-0.4, -0.2) is 31.0 Å². The van der Waals surface area contributed by atoms with E-state index >= 15 is 0 Å². The van der Waals surface area contributed by atoms with Gasteiger partial charge in [-0.25, -0.2) is 0 Å². The third-order valence-corrected chi connectivity index (χ3v) is 6.02. The quantitative estimate of drug-likeness (QED) is 0.375. The van der Waals surface area contributed by atoms with E-state index in [0.29, 0.717) is 18.9 Å². The van der Waals surface area contributed by atoms with E-state index in [-0.39, 0.29) is 30.3 Å². The summed E-state index contributed by atoms with van der Waals surface area (Å²) in [5.41, 5.74) is 7.80. The van der Waals surface area contributed by atoms with Gasteiger partial charge in [-0.05, 0) is 48.9 Å². The van der Waals surface area contributed by atoms with Crippen molar-refractivity contribution < 1.29 is 14.3 Å². The summed E-state index contributed by atoms with van der Waals surface area (Å²) < 4.78 is 5.92. The van der Waals surface area contributed by atoms with Crippen LogP contribution in [0.25, 0.3) is 0 Å². The van der Waals surface area contributed by atoms with Crippen molar-refractivity contribution in [1.82, 2.24) is 10.6 Å². The first-order valence-corrected chi connectivity index (χ1v) is 12.5. The van der Waals surface area contributed by atoms with E-state index in [9.17, 15) is 9.59 Å². The summed E-state index contributed by atoms with van der Waals surface area (Å²) in [6, 6.07) is 16.4. The highest BCUT2D eigenvalue weighted by molar-refractivity contribution is 5.84. The normalized spacial score (nSPS) is 14.5. The molecule has 0 aliphatic carbocycles. The standard InChI is InChI=1S/C28H41N3O3/c1-5-10-20(3)19-34-24-16-14-23(15-17-24)26(18-30-28(33)25(29)11-6-2)31-27(32)21(4)22-12-8-7-9-13-22/h7-9,12-17,20-21,25-26H,5-6,10-11,18-19,29H2,1-4H3,(H,30,33)(H,31,32)/t20?,21?,25-,26+/m1/s1. The summed E-state index contributed by atoms with van der Waals surface area (Å²) in [6.45, 7) is 9.17. The Morgan fingerprint density at radius 2 is 1.53 bits per heavy atom. The molecule has 0 aliphatic heterocycles. The molecular weight excluding hydrogens is 426 g/mol. The Morgan fingerprint density at radius 3 is 2.15 bits per heavy atom. The van der Waals surface area contributed by atoms with Crippen LogP contribution in [-0.2, 0) is 9.59 Å². The van der Waals surface area contributed by atoms with E-state index in [4.69, 9.17) is 10.5 Å². The zero-order valence-corrected chi connectivity index (χ0v) is 21.1. The molecular formula is C28H41N3O3. The Kier molecular flexibility index (Phi) is 11.6. The van der Waals surface area contributed by atoms with E-state index in [0.717, 1.165) is 36.1 Å². The van der Waals surface area contributed by atoms with Gasteiger partial charge in [-0.1, -0.05) is 76.1 Å². The van der Waals surface area contributed by atoms with Gasteiger partial charge in [0.2, 0.25) is 11.8 Å². The number of rotatable bonds is 14. The van der Waals surface area contributed by atoms with E-state index in [1.54, 1.807) is 0 Å². The smallest absolute Gasteiger partial charge is 0.236 e. The Morgan fingerprint density at radius 1 is 0.882 bits per heavy atom. The summed E-state index contributed by atoms with van der Waals surface area (Å²) in [5.74, 6) is 0.672. The molecule has 2 aromatic rings. The van der Waals surface area contributed by atoms with Crippen LogP contribution in [0.3, 0.4) is 0 Å². The van der Waals surface area contributed by atoms with E-state index < -0.39 is 6.04 Å². The van der Waals surface area contributed by atoms with Crippen molar-refractivity contribution in [3.63, 3.8) is 0 Å².